The standard InChI is InChI=1S/C16H17FN2O2S2/c1-9(2)18-16(22)19-14-13(15(20)21-3)12(8-23-14)10-4-6-11(17)7-5-10/h4-9H,1-3H3,(H2,18,19,22). The van der Waals surface area contributed by atoms with Crippen LogP contribution in [0, 0.1) is 5.82 Å². The molecule has 23 heavy (non-hydrogen) atoms. The summed E-state index contributed by atoms with van der Waals surface area (Å²) >= 11 is 6.56. The molecule has 7 heteroatoms. The molecule has 0 aliphatic carbocycles. The first-order valence-electron chi connectivity index (χ1n) is 6.95. The molecule has 0 atom stereocenters. The fourth-order valence-corrected chi connectivity index (χ4v) is 3.36. The van der Waals surface area contributed by atoms with Crippen molar-refractivity contribution in [3.8, 4) is 11.1 Å². The number of rotatable bonds is 4. The zero-order valence-electron chi connectivity index (χ0n) is 13.0. The van der Waals surface area contributed by atoms with Gasteiger partial charge in [0.05, 0.1) is 7.11 Å². The number of carbonyl (C=O) groups is 1. The average molecular weight is 352 g/mol. The van der Waals surface area contributed by atoms with E-state index in [1.807, 2.05) is 19.2 Å². The molecular weight excluding hydrogens is 335 g/mol. The number of thiocarbonyl (C=S) groups is 1. The molecule has 122 valence electrons. The minimum atomic E-state index is -0.472. The first kappa shape index (κ1) is 17.4. The lowest BCUT2D eigenvalue weighted by Crippen LogP contribution is -2.34. The summed E-state index contributed by atoms with van der Waals surface area (Å²) in [4.78, 5) is 12.2. The molecule has 0 saturated carbocycles. The second kappa shape index (κ2) is 7.52. The summed E-state index contributed by atoms with van der Waals surface area (Å²) in [5.74, 6) is -0.801. The number of nitrogens with one attached hydrogen (secondary N) is 2. The van der Waals surface area contributed by atoms with Crippen LogP contribution in [0.4, 0.5) is 9.39 Å². The molecule has 2 N–H and O–H groups in total. The van der Waals surface area contributed by atoms with E-state index in [0.29, 0.717) is 21.2 Å². The Morgan fingerprint density at radius 1 is 1.30 bits per heavy atom. The number of hydrogen-bond acceptors (Lipinski definition) is 4. The Morgan fingerprint density at radius 3 is 2.52 bits per heavy atom. The van der Waals surface area contributed by atoms with Crippen LogP contribution >= 0.6 is 23.6 Å². The van der Waals surface area contributed by atoms with Crippen molar-refractivity contribution < 1.29 is 13.9 Å². The van der Waals surface area contributed by atoms with Crippen LogP contribution in [0.1, 0.15) is 24.2 Å². The molecule has 0 aliphatic rings. The van der Waals surface area contributed by atoms with Crippen molar-refractivity contribution in [3.05, 3.63) is 41.0 Å². The lowest BCUT2D eigenvalue weighted by Gasteiger charge is -2.13. The lowest BCUT2D eigenvalue weighted by molar-refractivity contribution is 0.0603. The van der Waals surface area contributed by atoms with Gasteiger partial charge in [0.1, 0.15) is 16.4 Å². The van der Waals surface area contributed by atoms with Crippen molar-refractivity contribution in [2.45, 2.75) is 19.9 Å². The number of anilines is 1. The van der Waals surface area contributed by atoms with Crippen LogP contribution in [-0.2, 0) is 4.74 Å². The molecule has 0 bridgehead atoms. The summed E-state index contributed by atoms with van der Waals surface area (Å²) in [5.41, 5.74) is 1.80. The van der Waals surface area contributed by atoms with Crippen LogP contribution in [-0.4, -0.2) is 24.2 Å². The third-order valence-electron chi connectivity index (χ3n) is 2.98. The molecule has 1 heterocycles. The van der Waals surface area contributed by atoms with Crippen LogP contribution in [0.3, 0.4) is 0 Å². The minimum absolute atomic E-state index is 0.174. The van der Waals surface area contributed by atoms with E-state index in [1.54, 1.807) is 12.1 Å². The normalized spacial score (nSPS) is 10.5. The second-order valence-electron chi connectivity index (χ2n) is 5.11. The molecule has 0 radical (unpaired) electrons. The second-order valence-corrected chi connectivity index (χ2v) is 6.39. The monoisotopic (exact) mass is 352 g/mol. The van der Waals surface area contributed by atoms with Crippen molar-refractivity contribution in [1.29, 1.82) is 0 Å². The molecule has 4 nitrogen and oxygen atoms in total. The fraction of sp³-hybridized carbons (Fsp3) is 0.250. The average Bonchev–Trinajstić information content (AvgIpc) is 2.89. The third kappa shape index (κ3) is 4.27. The predicted octanol–water partition coefficient (Wildman–Crippen LogP) is 4.04. The highest BCUT2D eigenvalue weighted by Crippen LogP contribution is 2.36. The van der Waals surface area contributed by atoms with Crippen LogP contribution in [0.5, 0.6) is 0 Å². The Labute approximate surface area is 143 Å². The first-order valence-corrected chi connectivity index (χ1v) is 8.24. The molecule has 0 aliphatic heterocycles. The number of thiophene rings is 1. The van der Waals surface area contributed by atoms with Gasteiger partial charge >= 0.3 is 5.97 Å². The van der Waals surface area contributed by atoms with E-state index >= 15 is 0 Å². The molecule has 1 aromatic carbocycles. The Hall–Kier alpha value is -1.99. The summed E-state index contributed by atoms with van der Waals surface area (Å²) in [6.45, 7) is 3.93. The molecule has 2 rings (SSSR count). The largest absolute Gasteiger partial charge is 0.465 e. The van der Waals surface area contributed by atoms with E-state index < -0.39 is 5.97 Å². The van der Waals surface area contributed by atoms with Gasteiger partial charge in [0.25, 0.3) is 0 Å². The summed E-state index contributed by atoms with van der Waals surface area (Å²) in [6, 6.07) is 6.13. The Morgan fingerprint density at radius 2 is 1.96 bits per heavy atom. The predicted molar refractivity (Wildman–Crippen MR) is 95.5 cm³/mol. The van der Waals surface area contributed by atoms with E-state index in [9.17, 15) is 9.18 Å². The van der Waals surface area contributed by atoms with E-state index in [1.165, 1.54) is 30.6 Å². The molecule has 0 saturated heterocycles. The van der Waals surface area contributed by atoms with Gasteiger partial charge < -0.3 is 15.4 Å². The number of esters is 1. The van der Waals surface area contributed by atoms with Gasteiger partial charge in [-0.05, 0) is 43.8 Å². The SMILES string of the molecule is COC(=O)c1c(-c2ccc(F)cc2)csc1NC(=S)NC(C)C. The first-order chi connectivity index (χ1) is 10.9. The van der Waals surface area contributed by atoms with Gasteiger partial charge in [0.15, 0.2) is 5.11 Å². The number of ether oxygens (including phenoxy) is 1. The molecule has 0 unspecified atom stereocenters. The van der Waals surface area contributed by atoms with Crippen molar-refractivity contribution >= 4 is 39.6 Å². The van der Waals surface area contributed by atoms with Gasteiger partial charge in [-0.3, -0.25) is 0 Å². The zero-order valence-corrected chi connectivity index (χ0v) is 14.6. The highest BCUT2D eigenvalue weighted by atomic mass is 32.1. The van der Waals surface area contributed by atoms with E-state index in [0.717, 1.165) is 5.56 Å². The summed E-state index contributed by atoms with van der Waals surface area (Å²) < 4.78 is 18.0. The smallest absolute Gasteiger partial charge is 0.341 e. The summed E-state index contributed by atoms with van der Waals surface area (Å²) in [5, 5.41) is 8.92. The number of methoxy groups -OCH3 is 1. The molecule has 0 amide bonds. The van der Waals surface area contributed by atoms with Gasteiger partial charge in [-0.1, -0.05) is 12.1 Å². The number of benzene rings is 1. The quantitative estimate of drug-likeness (QED) is 0.642. The van der Waals surface area contributed by atoms with Gasteiger partial charge in [-0.2, -0.15) is 0 Å². The Balaban J connectivity index is 2.39. The topological polar surface area (TPSA) is 50.4 Å². The van der Waals surface area contributed by atoms with E-state index in [2.05, 4.69) is 10.6 Å². The van der Waals surface area contributed by atoms with Gasteiger partial charge in [0, 0.05) is 17.0 Å². The fourth-order valence-electron chi connectivity index (χ4n) is 2.00. The van der Waals surface area contributed by atoms with Crippen molar-refractivity contribution in [1.82, 2.24) is 5.32 Å². The highest BCUT2D eigenvalue weighted by Gasteiger charge is 2.21. The molecule has 0 spiro atoms. The van der Waals surface area contributed by atoms with E-state index in [4.69, 9.17) is 17.0 Å². The Kier molecular flexibility index (Phi) is 5.68. The zero-order chi connectivity index (χ0) is 17.0. The summed E-state index contributed by atoms with van der Waals surface area (Å²) in [7, 11) is 1.32. The highest BCUT2D eigenvalue weighted by molar-refractivity contribution is 7.80. The lowest BCUT2D eigenvalue weighted by atomic mass is 10.0. The summed E-state index contributed by atoms with van der Waals surface area (Å²) in [6.07, 6.45) is 0. The van der Waals surface area contributed by atoms with Crippen LogP contribution < -0.4 is 10.6 Å². The minimum Gasteiger partial charge on any atom is -0.465 e. The number of carbonyl (C=O) groups excluding carboxylic acids is 1. The van der Waals surface area contributed by atoms with E-state index in [-0.39, 0.29) is 11.9 Å². The van der Waals surface area contributed by atoms with Crippen molar-refractivity contribution in [2.24, 2.45) is 0 Å². The van der Waals surface area contributed by atoms with Crippen LogP contribution in [0.15, 0.2) is 29.6 Å². The molecular formula is C16H17FN2O2S2. The molecule has 0 fully saturated rings. The van der Waals surface area contributed by atoms with Crippen molar-refractivity contribution in [3.63, 3.8) is 0 Å². The van der Waals surface area contributed by atoms with Gasteiger partial charge in [0.2, 0.25) is 0 Å². The van der Waals surface area contributed by atoms with Gasteiger partial charge in [-0.25, -0.2) is 9.18 Å². The van der Waals surface area contributed by atoms with Crippen LogP contribution in [0.2, 0.25) is 0 Å². The third-order valence-corrected chi connectivity index (χ3v) is 4.10. The van der Waals surface area contributed by atoms with Crippen molar-refractivity contribution in [2.75, 3.05) is 12.4 Å². The maximum Gasteiger partial charge on any atom is 0.341 e. The molecule has 2 aromatic rings. The molecule has 1 aromatic heterocycles. The van der Waals surface area contributed by atoms with Gasteiger partial charge in [-0.15, -0.1) is 11.3 Å². The Bertz CT molecular complexity index is 711. The maximum absolute atomic E-state index is 13.1. The number of halogens is 1. The maximum atomic E-state index is 13.1. The van der Waals surface area contributed by atoms with Crippen LogP contribution in [0.25, 0.3) is 11.1 Å². The number of hydrogen-bond donors (Lipinski definition) is 2.